The largest absolute Gasteiger partial charge is 0.486 e. The van der Waals surface area contributed by atoms with Crippen molar-refractivity contribution in [2.24, 2.45) is 0 Å². The van der Waals surface area contributed by atoms with Crippen LogP contribution in [0.5, 0.6) is 5.75 Å². The normalized spacial score (nSPS) is 15.7. The van der Waals surface area contributed by atoms with Gasteiger partial charge in [-0.2, -0.15) is 0 Å². The molecule has 2 aromatic rings. The van der Waals surface area contributed by atoms with Gasteiger partial charge in [-0.05, 0) is 25.2 Å². The standard InChI is InChI=1S/C16H18ClN3O2S/c1-19-5-7-20(8-6-19)16(21)14-11-23-15(18-14)10-22-13-4-2-3-12(17)9-13/h2-4,9,11H,5-8,10H2,1H3. The fourth-order valence-corrected chi connectivity index (χ4v) is 3.21. The van der Waals surface area contributed by atoms with Gasteiger partial charge in [0.15, 0.2) is 0 Å². The van der Waals surface area contributed by atoms with Crippen LogP contribution in [-0.4, -0.2) is 53.9 Å². The van der Waals surface area contributed by atoms with E-state index in [0.717, 1.165) is 31.2 Å². The van der Waals surface area contributed by atoms with Crippen LogP contribution in [0.25, 0.3) is 0 Å². The lowest BCUT2D eigenvalue weighted by molar-refractivity contribution is 0.0658. The quantitative estimate of drug-likeness (QED) is 0.849. The number of carbonyl (C=O) groups excluding carboxylic acids is 1. The number of hydrogen-bond donors (Lipinski definition) is 0. The van der Waals surface area contributed by atoms with Gasteiger partial charge in [0.2, 0.25) is 0 Å². The molecular formula is C16H18ClN3O2S. The fraction of sp³-hybridized carbons (Fsp3) is 0.375. The van der Waals surface area contributed by atoms with Crippen LogP contribution in [-0.2, 0) is 6.61 Å². The van der Waals surface area contributed by atoms with Gasteiger partial charge < -0.3 is 14.5 Å². The molecule has 0 radical (unpaired) electrons. The molecule has 1 aromatic carbocycles. The van der Waals surface area contributed by atoms with E-state index in [4.69, 9.17) is 16.3 Å². The van der Waals surface area contributed by atoms with Crippen molar-refractivity contribution in [3.8, 4) is 5.75 Å². The van der Waals surface area contributed by atoms with E-state index < -0.39 is 0 Å². The Morgan fingerprint density at radius 3 is 2.87 bits per heavy atom. The molecule has 0 atom stereocenters. The second kappa shape index (κ2) is 7.29. The summed E-state index contributed by atoms with van der Waals surface area (Å²) in [5.41, 5.74) is 0.504. The summed E-state index contributed by atoms with van der Waals surface area (Å²) in [7, 11) is 2.07. The number of halogens is 1. The Balaban J connectivity index is 1.58. The number of aromatic nitrogens is 1. The zero-order valence-electron chi connectivity index (χ0n) is 12.9. The fourth-order valence-electron chi connectivity index (χ4n) is 2.35. The zero-order chi connectivity index (χ0) is 16.2. The minimum atomic E-state index is 0.00311. The van der Waals surface area contributed by atoms with Gasteiger partial charge in [0, 0.05) is 36.6 Å². The zero-order valence-corrected chi connectivity index (χ0v) is 14.4. The first-order valence-corrected chi connectivity index (χ1v) is 8.68. The predicted molar refractivity (Wildman–Crippen MR) is 91.3 cm³/mol. The monoisotopic (exact) mass is 351 g/mol. The summed E-state index contributed by atoms with van der Waals surface area (Å²) >= 11 is 7.36. The Kier molecular flexibility index (Phi) is 5.15. The van der Waals surface area contributed by atoms with E-state index in [1.807, 2.05) is 17.0 Å². The molecule has 1 aliphatic rings. The smallest absolute Gasteiger partial charge is 0.273 e. The molecular weight excluding hydrogens is 334 g/mol. The van der Waals surface area contributed by atoms with Gasteiger partial charge in [0.1, 0.15) is 23.1 Å². The average Bonchev–Trinajstić information content (AvgIpc) is 3.02. The van der Waals surface area contributed by atoms with Gasteiger partial charge in [0.05, 0.1) is 0 Å². The van der Waals surface area contributed by atoms with Crippen molar-refractivity contribution in [1.29, 1.82) is 0 Å². The predicted octanol–water partition coefficient (Wildman–Crippen LogP) is 2.76. The van der Waals surface area contributed by atoms with Crippen LogP contribution in [0.15, 0.2) is 29.6 Å². The summed E-state index contributed by atoms with van der Waals surface area (Å²) in [5.74, 6) is 0.697. The number of carbonyl (C=O) groups is 1. The summed E-state index contributed by atoms with van der Waals surface area (Å²) < 4.78 is 5.66. The minimum Gasteiger partial charge on any atom is -0.486 e. The molecule has 0 N–H and O–H groups in total. The topological polar surface area (TPSA) is 45.7 Å². The summed E-state index contributed by atoms with van der Waals surface area (Å²) in [4.78, 5) is 20.9. The molecule has 7 heteroatoms. The maximum Gasteiger partial charge on any atom is 0.273 e. The number of amides is 1. The second-order valence-corrected chi connectivity index (χ2v) is 6.85. The molecule has 0 aliphatic carbocycles. The molecule has 5 nitrogen and oxygen atoms in total. The molecule has 3 rings (SSSR count). The van der Waals surface area contributed by atoms with Crippen LogP contribution in [0.3, 0.4) is 0 Å². The van der Waals surface area contributed by atoms with Gasteiger partial charge in [-0.15, -0.1) is 11.3 Å². The molecule has 1 amide bonds. The Morgan fingerprint density at radius 2 is 2.13 bits per heavy atom. The van der Waals surface area contributed by atoms with Crippen LogP contribution in [0.2, 0.25) is 5.02 Å². The molecule has 1 aromatic heterocycles. The van der Waals surface area contributed by atoms with Crippen molar-refractivity contribution in [3.05, 3.63) is 45.4 Å². The van der Waals surface area contributed by atoms with Gasteiger partial charge in [0.25, 0.3) is 5.91 Å². The molecule has 1 saturated heterocycles. The number of hydrogen-bond acceptors (Lipinski definition) is 5. The Hall–Kier alpha value is -1.63. The number of piperazine rings is 1. The number of thiazole rings is 1. The number of ether oxygens (including phenoxy) is 1. The lowest BCUT2D eigenvalue weighted by Gasteiger charge is -2.31. The van der Waals surface area contributed by atoms with Crippen molar-refractivity contribution in [2.75, 3.05) is 33.2 Å². The highest BCUT2D eigenvalue weighted by Crippen LogP contribution is 2.20. The van der Waals surface area contributed by atoms with E-state index in [1.165, 1.54) is 11.3 Å². The van der Waals surface area contributed by atoms with E-state index in [0.29, 0.717) is 23.1 Å². The Morgan fingerprint density at radius 1 is 1.35 bits per heavy atom. The molecule has 2 heterocycles. The minimum absolute atomic E-state index is 0.00311. The Labute approximate surface area is 144 Å². The number of benzene rings is 1. The molecule has 0 spiro atoms. The van der Waals surface area contributed by atoms with E-state index in [2.05, 4.69) is 16.9 Å². The van der Waals surface area contributed by atoms with Crippen molar-refractivity contribution in [2.45, 2.75) is 6.61 Å². The van der Waals surface area contributed by atoms with Crippen LogP contribution in [0.1, 0.15) is 15.5 Å². The third-order valence-electron chi connectivity index (χ3n) is 3.72. The first-order valence-electron chi connectivity index (χ1n) is 7.42. The first-order chi connectivity index (χ1) is 11.1. The summed E-state index contributed by atoms with van der Waals surface area (Å²) in [6.45, 7) is 3.64. The summed E-state index contributed by atoms with van der Waals surface area (Å²) in [6, 6.07) is 7.23. The molecule has 1 aliphatic heterocycles. The SMILES string of the molecule is CN1CCN(C(=O)c2csc(COc3cccc(Cl)c3)n2)CC1. The van der Waals surface area contributed by atoms with Gasteiger partial charge >= 0.3 is 0 Å². The average molecular weight is 352 g/mol. The van der Waals surface area contributed by atoms with Crippen LogP contribution >= 0.6 is 22.9 Å². The second-order valence-electron chi connectivity index (χ2n) is 5.47. The highest BCUT2D eigenvalue weighted by molar-refractivity contribution is 7.09. The van der Waals surface area contributed by atoms with Crippen molar-refractivity contribution in [3.63, 3.8) is 0 Å². The van der Waals surface area contributed by atoms with Crippen molar-refractivity contribution < 1.29 is 9.53 Å². The van der Waals surface area contributed by atoms with Crippen LogP contribution in [0.4, 0.5) is 0 Å². The molecule has 0 saturated carbocycles. The first kappa shape index (κ1) is 16.2. The van der Waals surface area contributed by atoms with Crippen molar-refractivity contribution in [1.82, 2.24) is 14.8 Å². The number of likely N-dealkylation sites (N-methyl/N-ethyl adjacent to an activating group) is 1. The summed E-state index contributed by atoms with van der Waals surface area (Å²) in [5, 5.41) is 3.21. The van der Waals surface area contributed by atoms with Crippen molar-refractivity contribution >= 4 is 28.8 Å². The van der Waals surface area contributed by atoms with Crippen LogP contribution < -0.4 is 4.74 Å². The number of rotatable bonds is 4. The van der Waals surface area contributed by atoms with Gasteiger partial charge in [-0.1, -0.05) is 17.7 Å². The molecule has 1 fully saturated rings. The van der Waals surface area contributed by atoms with Gasteiger partial charge in [-0.25, -0.2) is 4.98 Å². The molecule has 122 valence electrons. The van der Waals surface area contributed by atoms with E-state index in [-0.39, 0.29) is 5.91 Å². The third-order valence-corrected chi connectivity index (χ3v) is 4.78. The highest BCUT2D eigenvalue weighted by Gasteiger charge is 2.22. The maximum absolute atomic E-state index is 12.4. The Bertz CT molecular complexity index is 683. The maximum atomic E-state index is 12.4. The third kappa shape index (κ3) is 4.22. The number of nitrogens with zero attached hydrogens (tertiary/aromatic N) is 3. The lowest BCUT2D eigenvalue weighted by Crippen LogP contribution is -2.47. The van der Waals surface area contributed by atoms with E-state index in [1.54, 1.807) is 17.5 Å². The molecule has 23 heavy (non-hydrogen) atoms. The van der Waals surface area contributed by atoms with Crippen LogP contribution in [0, 0.1) is 0 Å². The van der Waals surface area contributed by atoms with Gasteiger partial charge in [-0.3, -0.25) is 4.79 Å². The summed E-state index contributed by atoms with van der Waals surface area (Å²) in [6.07, 6.45) is 0. The molecule has 0 bridgehead atoms. The lowest BCUT2D eigenvalue weighted by atomic mass is 10.3. The van der Waals surface area contributed by atoms with E-state index >= 15 is 0 Å². The highest BCUT2D eigenvalue weighted by atomic mass is 35.5. The molecule has 0 unspecified atom stereocenters. The van der Waals surface area contributed by atoms with E-state index in [9.17, 15) is 4.79 Å².